The predicted octanol–water partition coefficient (Wildman–Crippen LogP) is 2.30. The average molecular weight is 350 g/mol. The lowest BCUT2D eigenvalue weighted by Crippen LogP contribution is -2.39. The number of benzene rings is 1. The Hall–Kier alpha value is -1.36. The van der Waals surface area contributed by atoms with Gasteiger partial charge in [0.15, 0.2) is 11.5 Å². The predicted molar refractivity (Wildman–Crippen MR) is 108 cm³/mol. The van der Waals surface area contributed by atoms with Crippen molar-refractivity contribution in [2.45, 2.75) is 49.0 Å². The van der Waals surface area contributed by atoms with E-state index in [2.05, 4.69) is 5.32 Å². The molecule has 1 N–H and O–H groups in total. The van der Waals surface area contributed by atoms with E-state index in [1.165, 1.54) is 0 Å². The number of carbonyl (C=O) groups excluding carboxylic acids is 1. The van der Waals surface area contributed by atoms with Crippen LogP contribution in [0, 0.1) is 0 Å². The van der Waals surface area contributed by atoms with Gasteiger partial charge in [-0.1, -0.05) is 25.7 Å². The molecular formula is C19H27B3NO3. The van der Waals surface area contributed by atoms with Crippen molar-refractivity contribution < 1.29 is 14.3 Å². The Bertz CT molecular complexity index is 657. The van der Waals surface area contributed by atoms with Crippen LogP contribution >= 0.6 is 0 Å². The second-order valence-corrected chi connectivity index (χ2v) is 6.83. The Morgan fingerprint density at radius 2 is 1.92 bits per heavy atom. The summed E-state index contributed by atoms with van der Waals surface area (Å²) in [6.45, 7) is 4.82. The fourth-order valence-corrected chi connectivity index (χ4v) is 4.21. The molecule has 0 bridgehead atoms. The standard InChI is InChI=1S/C17H21B3NO3.C2H6/c1-21-7-6-16(9-11(18)14(22)17(19)15(16)20-17)10-4-5-12(23-2)13(8-10)24-3;1-2/h4-5,8,11,15,21H,6-7,9H2,1-3H3;1-2H3. The van der Waals surface area contributed by atoms with Crippen molar-refractivity contribution in [3.63, 3.8) is 0 Å². The van der Waals surface area contributed by atoms with E-state index in [9.17, 15) is 4.79 Å². The van der Waals surface area contributed by atoms with Crippen molar-refractivity contribution in [1.82, 2.24) is 5.32 Å². The van der Waals surface area contributed by atoms with E-state index >= 15 is 0 Å². The molecule has 0 aromatic heterocycles. The number of hydrogen-bond acceptors (Lipinski definition) is 4. The fraction of sp³-hybridized carbons (Fsp3) is 0.632. The molecule has 1 aliphatic heterocycles. The number of carbonyl (C=O) groups is 1. The average Bonchev–Trinajstić information content (AvgIpc) is 3.39. The maximum absolute atomic E-state index is 12.4. The maximum atomic E-state index is 12.4. The van der Waals surface area contributed by atoms with Gasteiger partial charge in [0.25, 0.3) is 0 Å². The van der Waals surface area contributed by atoms with Gasteiger partial charge < -0.3 is 19.6 Å². The molecule has 4 unspecified atom stereocenters. The molecule has 0 spiro atoms. The quantitative estimate of drug-likeness (QED) is 0.801. The Balaban J connectivity index is 0.00000117. The van der Waals surface area contributed by atoms with Gasteiger partial charge in [-0.25, -0.2) is 0 Å². The zero-order valence-electron chi connectivity index (χ0n) is 16.5. The summed E-state index contributed by atoms with van der Waals surface area (Å²) in [5, 5.41) is 2.31. The van der Waals surface area contributed by atoms with E-state index in [0.29, 0.717) is 17.9 Å². The van der Waals surface area contributed by atoms with Gasteiger partial charge >= 0.3 is 0 Å². The van der Waals surface area contributed by atoms with Crippen molar-refractivity contribution in [2.24, 2.45) is 0 Å². The van der Waals surface area contributed by atoms with Gasteiger partial charge in [0.2, 0.25) is 0 Å². The Morgan fingerprint density at radius 3 is 2.50 bits per heavy atom. The minimum atomic E-state index is -0.890. The summed E-state index contributed by atoms with van der Waals surface area (Å²) in [4.78, 5) is 12.4. The van der Waals surface area contributed by atoms with Gasteiger partial charge in [0.05, 0.1) is 29.9 Å². The minimum absolute atomic E-state index is 0.00347. The first-order valence-electron chi connectivity index (χ1n) is 9.25. The van der Waals surface area contributed by atoms with Crippen molar-refractivity contribution in [3.8, 4) is 11.5 Å². The maximum Gasteiger partial charge on any atom is 0.161 e. The number of fused-ring (bicyclic) bond motifs is 1. The van der Waals surface area contributed by atoms with Gasteiger partial charge in [-0.15, -0.1) is 0 Å². The number of hydrogen-bond donors (Lipinski definition) is 1. The van der Waals surface area contributed by atoms with Crippen LogP contribution in [0.15, 0.2) is 18.2 Å². The topological polar surface area (TPSA) is 47.6 Å². The molecule has 4 nitrogen and oxygen atoms in total. The van der Waals surface area contributed by atoms with Gasteiger partial charge in [-0.05, 0) is 60.6 Å². The summed E-state index contributed by atoms with van der Waals surface area (Å²) in [6.07, 6.45) is 1.43. The summed E-state index contributed by atoms with van der Waals surface area (Å²) in [6, 6.07) is 5.92. The lowest BCUT2D eigenvalue weighted by atomic mass is 9.52. The number of methoxy groups -OCH3 is 2. The summed E-state index contributed by atoms with van der Waals surface area (Å²) in [5.41, 5.74) is 0.817. The van der Waals surface area contributed by atoms with E-state index in [1.54, 1.807) is 14.2 Å². The van der Waals surface area contributed by atoms with Gasteiger partial charge in [0, 0.05) is 0 Å². The lowest BCUT2D eigenvalue weighted by Gasteiger charge is -2.44. The van der Waals surface area contributed by atoms with Crippen LogP contribution < -0.4 is 14.8 Å². The molecule has 0 amide bonds. The highest BCUT2D eigenvalue weighted by atomic mass is 16.5. The van der Waals surface area contributed by atoms with Crippen LogP contribution in [0.25, 0.3) is 0 Å². The number of nitrogens with one attached hydrogen (secondary N) is 1. The zero-order chi connectivity index (χ0) is 19.5. The first-order valence-corrected chi connectivity index (χ1v) is 9.25. The van der Waals surface area contributed by atoms with E-state index < -0.39 is 11.0 Å². The van der Waals surface area contributed by atoms with Gasteiger partial charge in [0.1, 0.15) is 13.1 Å². The first kappa shape index (κ1) is 21.0. The first-order chi connectivity index (χ1) is 12.4. The third-order valence-electron chi connectivity index (χ3n) is 5.57. The normalized spacial score (nSPS) is 31.8. The van der Waals surface area contributed by atoms with Crippen LogP contribution in [0.2, 0.25) is 16.8 Å². The van der Waals surface area contributed by atoms with Crippen molar-refractivity contribution >= 4 is 28.8 Å². The molecule has 3 rings (SSSR count). The van der Waals surface area contributed by atoms with Crippen LogP contribution in [-0.2, 0) is 10.2 Å². The summed E-state index contributed by atoms with van der Waals surface area (Å²) >= 11 is 0. The molecule has 5 radical (unpaired) electrons. The molecule has 1 aliphatic carbocycles. The number of Topliss-reactive ketones (excluding diaryl/α,β-unsaturated/α-hetero) is 1. The van der Waals surface area contributed by atoms with E-state index in [0.717, 1.165) is 18.5 Å². The van der Waals surface area contributed by atoms with E-state index in [4.69, 9.17) is 25.2 Å². The Kier molecular flexibility index (Phi) is 6.54. The molecule has 135 valence electrons. The van der Waals surface area contributed by atoms with Crippen LogP contribution in [0.4, 0.5) is 0 Å². The molecule has 1 saturated heterocycles. The van der Waals surface area contributed by atoms with Crippen molar-refractivity contribution in [2.75, 3.05) is 27.8 Å². The van der Waals surface area contributed by atoms with Crippen LogP contribution in [0.3, 0.4) is 0 Å². The molecular weight excluding hydrogens is 323 g/mol. The highest BCUT2D eigenvalue weighted by molar-refractivity contribution is 6.79. The monoisotopic (exact) mass is 350 g/mol. The highest BCUT2D eigenvalue weighted by Crippen LogP contribution is 2.71. The third-order valence-corrected chi connectivity index (χ3v) is 5.57. The van der Waals surface area contributed by atoms with E-state index in [1.807, 2.05) is 46.4 Å². The third kappa shape index (κ3) is 3.31. The largest absolute Gasteiger partial charge is 0.493 e. The molecule has 1 aromatic carbocycles. The van der Waals surface area contributed by atoms with Crippen LogP contribution in [0.5, 0.6) is 11.5 Å². The van der Waals surface area contributed by atoms with Crippen molar-refractivity contribution in [1.29, 1.82) is 0 Å². The Labute approximate surface area is 160 Å². The molecule has 2 fully saturated rings. The molecule has 1 saturated carbocycles. The van der Waals surface area contributed by atoms with E-state index in [-0.39, 0.29) is 17.0 Å². The minimum Gasteiger partial charge on any atom is -0.493 e. The molecule has 7 heteroatoms. The molecule has 4 atom stereocenters. The Morgan fingerprint density at radius 1 is 1.27 bits per heavy atom. The summed E-state index contributed by atoms with van der Waals surface area (Å²) < 4.78 is 10.8. The number of ether oxygens (including phenoxy) is 2. The summed E-state index contributed by atoms with van der Waals surface area (Å²) in [5.74, 6) is 0.763. The SMILES string of the molecule is CC.[B]C1CC(CCNC)(c2ccc(OC)c(OC)c2)C2[B]C2([B])C1=O. The van der Waals surface area contributed by atoms with Gasteiger partial charge in [-0.3, -0.25) is 0 Å². The highest BCUT2D eigenvalue weighted by Gasteiger charge is 2.67. The van der Waals surface area contributed by atoms with Crippen LogP contribution in [0.1, 0.15) is 32.3 Å². The fourth-order valence-electron chi connectivity index (χ4n) is 4.21. The van der Waals surface area contributed by atoms with Crippen LogP contribution in [-0.4, -0.2) is 56.6 Å². The molecule has 1 aromatic rings. The number of rotatable bonds is 6. The zero-order valence-corrected chi connectivity index (χ0v) is 16.5. The second-order valence-electron chi connectivity index (χ2n) is 6.83. The lowest BCUT2D eigenvalue weighted by molar-refractivity contribution is -0.121. The number of ketones is 1. The van der Waals surface area contributed by atoms with Gasteiger partial charge in [-0.2, -0.15) is 0 Å². The molecule has 1 heterocycles. The smallest absolute Gasteiger partial charge is 0.161 e. The second kappa shape index (κ2) is 8.12. The molecule has 26 heavy (non-hydrogen) atoms. The summed E-state index contributed by atoms with van der Waals surface area (Å²) in [7, 11) is 19.6. The molecule has 2 aliphatic rings. The van der Waals surface area contributed by atoms with Crippen molar-refractivity contribution in [3.05, 3.63) is 23.8 Å².